The fourth-order valence-electron chi connectivity index (χ4n) is 3.99. The molecule has 0 aromatic rings. The van der Waals surface area contributed by atoms with Gasteiger partial charge in [0.05, 0.1) is 0 Å². The molecule has 2 heteroatoms. The molecule has 1 N–H and O–H groups in total. The molecule has 0 aliphatic heterocycles. The maximum atomic E-state index is 3.66. The van der Waals surface area contributed by atoms with Gasteiger partial charge in [0, 0.05) is 18.1 Å². The van der Waals surface area contributed by atoms with Crippen LogP contribution in [0.3, 0.4) is 0 Å². The molecule has 0 aromatic carbocycles. The molecule has 2 aliphatic carbocycles. The van der Waals surface area contributed by atoms with Crippen molar-refractivity contribution in [1.82, 2.24) is 10.2 Å². The van der Waals surface area contributed by atoms with Gasteiger partial charge < -0.3 is 5.32 Å². The quantitative estimate of drug-likeness (QED) is 0.791. The van der Waals surface area contributed by atoms with Gasteiger partial charge in [-0.15, -0.1) is 0 Å². The van der Waals surface area contributed by atoms with Crippen LogP contribution in [-0.2, 0) is 0 Å². The van der Waals surface area contributed by atoms with Crippen LogP contribution >= 0.6 is 0 Å². The van der Waals surface area contributed by atoms with Gasteiger partial charge in [0.25, 0.3) is 0 Å². The maximum Gasteiger partial charge on any atom is 0.0113 e. The normalized spacial score (nSPS) is 31.2. The van der Waals surface area contributed by atoms with Crippen LogP contribution in [0.5, 0.6) is 0 Å². The summed E-state index contributed by atoms with van der Waals surface area (Å²) in [5.74, 6) is 0. The van der Waals surface area contributed by atoms with Gasteiger partial charge in [-0.2, -0.15) is 0 Å². The Bertz CT molecular complexity index is 209. The third-order valence-electron chi connectivity index (χ3n) is 4.77. The molecule has 100 valence electrons. The summed E-state index contributed by atoms with van der Waals surface area (Å²) in [6.07, 6.45) is 11.5. The minimum absolute atomic E-state index is 0.786. The molecule has 17 heavy (non-hydrogen) atoms. The Balaban J connectivity index is 1.89. The van der Waals surface area contributed by atoms with E-state index < -0.39 is 0 Å². The van der Waals surface area contributed by atoms with Crippen LogP contribution < -0.4 is 5.32 Å². The number of rotatable bonds is 5. The first-order chi connectivity index (χ1) is 8.35. The lowest BCUT2D eigenvalue weighted by atomic mass is 9.89. The molecule has 0 spiro atoms. The summed E-state index contributed by atoms with van der Waals surface area (Å²) in [6.45, 7) is 6.98. The second-order valence-electron chi connectivity index (χ2n) is 5.84. The van der Waals surface area contributed by atoms with Crippen LogP contribution in [0.15, 0.2) is 0 Å². The lowest BCUT2D eigenvalue weighted by molar-refractivity contribution is 0.101. The van der Waals surface area contributed by atoms with Crippen molar-refractivity contribution >= 4 is 0 Å². The Morgan fingerprint density at radius 2 is 1.65 bits per heavy atom. The molecule has 2 unspecified atom stereocenters. The van der Waals surface area contributed by atoms with Gasteiger partial charge in [-0.3, -0.25) is 4.90 Å². The van der Waals surface area contributed by atoms with E-state index in [1.165, 1.54) is 57.9 Å². The van der Waals surface area contributed by atoms with Gasteiger partial charge in [0.2, 0.25) is 0 Å². The van der Waals surface area contributed by atoms with Gasteiger partial charge in [0.15, 0.2) is 0 Å². The molecule has 2 aliphatic rings. The molecular weight excluding hydrogens is 208 g/mol. The Morgan fingerprint density at radius 3 is 2.29 bits per heavy atom. The Labute approximate surface area is 107 Å². The van der Waals surface area contributed by atoms with E-state index in [9.17, 15) is 0 Å². The van der Waals surface area contributed by atoms with Gasteiger partial charge >= 0.3 is 0 Å². The summed E-state index contributed by atoms with van der Waals surface area (Å²) in [5, 5.41) is 3.66. The zero-order valence-electron chi connectivity index (χ0n) is 11.8. The Hall–Kier alpha value is -0.0800. The van der Waals surface area contributed by atoms with Crippen LogP contribution in [-0.4, -0.2) is 36.1 Å². The van der Waals surface area contributed by atoms with Gasteiger partial charge in [0.1, 0.15) is 0 Å². The number of nitrogens with zero attached hydrogens (tertiary/aromatic N) is 1. The third-order valence-corrected chi connectivity index (χ3v) is 4.77. The molecule has 0 radical (unpaired) electrons. The summed E-state index contributed by atoms with van der Waals surface area (Å²) in [5.41, 5.74) is 0. The smallest absolute Gasteiger partial charge is 0.0113 e. The second-order valence-corrected chi connectivity index (χ2v) is 5.84. The minimum atomic E-state index is 0.786. The van der Waals surface area contributed by atoms with Crippen LogP contribution in [0.25, 0.3) is 0 Å². The highest BCUT2D eigenvalue weighted by molar-refractivity contribution is 4.88. The number of nitrogens with one attached hydrogen (secondary N) is 1. The molecule has 2 nitrogen and oxygen atoms in total. The molecule has 0 amide bonds. The third kappa shape index (κ3) is 3.45. The number of hydrogen-bond acceptors (Lipinski definition) is 2. The fraction of sp³-hybridized carbons (Fsp3) is 1.00. The molecule has 0 aromatic heterocycles. The van der Waals surface area contributed by atoms with E-state index in [-0.39, 0.29) is 0 Å². The van der Waals surface area contributed by atoms with E-state index in [0.29, 0.717) is 0 Å². The van der Waals surface area contributed by atoms with Crippen molar-refractivity contribution in [3.8, 4) is 0 Å². The molecule has 2 fully saturated rings. The SMILES string of the molecule is CCNC1CCCC(N(CC)C2CCCC2)C1. The van der Waals surface area contributed by atoms with E-state index in [2.05, 4.69) is 24.1 Å². The lowest BCUT2D eigenvalue weighted by Crippen LogP contribution is -2.47. The molecular formula is C15H30N2. The molecule has 2 atom stereocenters. The highest BCUT2D eigenvalue weighted by Gasteiger charge is 2.31. The van der Waals surface area contributed by atoms with Crippen molar-refractivity contribution in [2.45, 2.75) is 83.3 Å². The van der Waals surface area contributed by atoms with Gasteiger partial charge in [-0.25, -0.2) is 0 Å². The average Bonchev–Trinajstić information content (AvgIpc) is 2.85. The van der Waals surface area contributed by atoms with Crippen molar-refractivity contribution in [2.75, 3.05) is 13.1 Å². The van der Waals surface area contributed by atoms with E-state index in [0.717, 1.165) is 24.7 Å². The predicted octanol–water partition coefficient (Wildman–Crippen LogP) is 3.17. The second kappa shape index (κ2) is 6.75. The summed E-state index contributed by atoms with van der Waals surface area (Å²) in [6, 6.07) is 2.56. The van der Waals surface area contributed by atoms with Crippen molar-refractivity contribution < 1.29 is 0 Å². The van der Waals surface area contributed by atoms with Crippen LogP contribution in [0.4, 0.5) is 0 Å². The van der Waals surface area contributed by atoms with Crippen LogP contribution in [0.1, 0.15) is 65.2 Å². The van der Waals surface area contributed by atoms with Gasteiger partial charge in [-0.1, -0.05) is 33.1 Å². The first kappa shape index (κ1) is 13.4. The van der Waals surface area contributed by atoms with Crippen molar-refractivity contribution in [1.29, 1.82) is 0 Å². The van der Waals surface area contributed by atoms with Crippen LogP contribution in [0.2, 0.25) is 0 Å². The predicted molar refractivity (Wildman–Crippen MR) is 74.4 cm³/mol. The highest BCUT2D eigenvalue weighted by Crippen LogP contribution is 2.30. The molecule has 0 heterocycles. The first-order valence-electron chi connectivity index (χ1n) is 7.84. The monoisotopic (exact) mass is 238 g/mol. The Morgan fingerprint density at radius 1 is 0.941 bits per heavy atom. The van der Waals surface area contributed by atoms with E-state index in [4.69, 9.17) is 0 Å². The van der Waals surface area contributed by atoms with E-state index in [1.54, 1.807) is 0 Å². The summed E-state index contributed by atoms with van der Waals surface area (Å²) >= 11 is 0. The van der Waals surface area contributed by atoms with Crippen molar-refractivity contribution in [2.24, 2.45) is 0 Å². The summed E-state index contributed by atoms with van der Waals surface area (Å²) < 4.78 is 0. The van der Waals surface area contributed by atoms with E-state index in [1.807, 2.05) is 0 Å². The molecule has 2 saturated carbocycles. The fourth-order valence-corrected chi connectivity index (χ4v) is 3.99. The minimum Gasteiger partial charge on any atom is -0.314 e. The van der Waals surface area contributed by atoms with Crippen molar-refractivity contribution in [3.63, 3.8) is 0 Å². The summed E-state index contributed by atoms with van der Waals surface area (Å²) in [4.78, 5) is 2.83. The van der Waals surface area contributed by atoms with Gasteiger partial charge in [-0.05, 0) is 45.2 Å². The zero-order valence-corrected chi connectivity index (χ0v) is 11.8. The highest BCUT2D eigenvalue weighted by atomic mass is 15.2. The van der Waals surface area contributed by atoms with E-state index >= 15 is 0 Å². The van der Waals surface area contributed by atoms with Crippen LogP contribution in [0, 0.1) is 0 Å². The maximum absolute atomic E-state index is 3.66. The van der Waals surface area contributed by atoms with Crippen molar-refractivity contribution in [3.05, 3.63) is 0 Å². The largest absolute Gasteiger partial charge is 0.314 e. The zero-order chi connectivity index (χ0) is 12.1. The first-order valence-corrected chi connectivity index (χ1v) is 7.84. The molecule has 0 bridgehead atoms. The number of hydrogen-bond donors (Lipinski definition) is 1. The summed E-state index contributed by atoms with van der Waals surface area (Å²) in [7, 11) is 0. The lowest BCUT2D eigenvalue weighted by Gasteiger charge is -2.40. The Kier molecular flexibility index (Phi) is 5.30. The average molecular weight is 238 g/mol. The molecule has 2 rings (SSSR count). The topological polar surface area (TPSA) is 15.3 Å². The molecule has 0 saturated heterocycles. The standard InChI is InChI=1S/C15H30N2/c1-3-16-13-8-7-11-15(12-13)17(4-2)14-9-5-6-10-14/h13-16H,3-12H2,1-2H3.